The predicted molar refractivity (Wildman–Crippen MR) is 85.1 cm³/mol. The van der Waals surface area contributed by atoms with Crippen molar-refractivity contribution in [3.63, 3.8) is 0 Å². The third-order valence-electron chi connectivity index (χ3n) is 3.59. The molecular weight excluding hydrogens is 314 g/mol. The van der Waals surface area contributed by atoms with Gasteiger partial charge in [-0.1, -0.05) is 19.8 Å². The van der Waals surface area contributed by atoms with Gasteiger partial charge in [0.25, 0.3) is 11.5 Å². The number of H-pyrrole nitrogens is 1. The molecule has 9 heteroatoms. The largest absolute Gasteiger partial charge is 0.480 e. The SMILES string of the molecule is CCCCC(NC(=O)c1cnn(-c2ccc(=O)[nH]n2)c1C)C(=O)O. The van der Waals surface area contributed by atoms with Crippen molar-refractivity contribution in [2.45, 2.75) is 39.2 Å². The fraction of sp³-hybridized carbons (Fsp3) is 0.400. The van der Waals surface area contributed by atoms with Crippen molar-refractivity contribution in [1.82, 2.24) is 25.3 Å². The van der Waals surface area contributed by atoms with Gasteiger partial charge in [-0.25, -0.2) is 14.6 Å². The lowest BCUT2D eigenvalue weighted by Crippen LogP contribution is -2.40. The van der Waals surface area contributed by atoms with Crippen LogP contribution in [0.5, 0.6) is 0 Å². The number of aliphatic carboxylic acids is 1. The van der Waals surface area contributed by atoms with Gasteiger partial charge in [0.15, 0.2) is 5.82 Å². The van der Waals surface area contributed by atoms with E-state index < -0.39 is 17.9 Å². The maximum Gasteiger partial charge on any atom is 0.326 e. The molecule has 3 N–H and O–H groups in total. The predicted octanol–water partition coefficient (Wildman–Crippen LogP) is 0.637. The van der Waals surface area contributed by atoms with Crippen LogP contribution in [-0.4, -0.2) is 43.0 Å². The monoisotopic (exact) mass is 333 g/mol. The maximum atomic E-state index is 12.3. The summed E-state index contributed by atoms with van der Waals surface area (Å²) in [5.41, 5.74) is 0.402. The molecule has 2 heterocycles. The second-order valence-corrected chi connectivity index (χ2v) is 5.34. The van der Waals surface area contributed by atoms with E-state index in [-0.39, 0.29) is 11.1 Å². The number of nitrogens with zero attached hydrogens (tertiary/aromatic N) is 3. The number of hydrogen-bond donors (Lipinski definition) is 3. The third-order valence-corrected chi connectivity index (χ3v) is 3.59. The van der Waals surface area contributed by atoms with Crippen LogP contribution in [-0.2, 0) is 4.79 Å². The minimum absolute atomic E-state index is 0.255. The van der Waals surface area contributed by atoms with Gasteiger partial charge in [0.05, 0.1) is 17.5 Å². The first-order valence-corrected chi connectivity index (χ1v) is 7.58. The summed E-state index contributed by atoms with van der Waals surface area (Å²) < 4.78 is 1.40. The van der Waals surface area contributed by atoms with Crippen molar-refractivity contribution >= 4 is 11.9 Å². The van der Waals surface area contributed by atoms with Crippen LogP contribution >= 0.6 is 0 Å². The molecule has 2 rings (SSSR count). The van der Waals surface area contributed by atoms with Crippen LogP contribution in [0.25, 0.3) is 5.82 Å². The number of carbonyl (C=O) groups is 2. The van der Waals surface area contributed by atoms with Crippen LogP contribution in [0.2, 0.25) is 0 Å². The fourth-order valence-electron chi connectivity index (χ4n) is 2.22. The van der Waals surface area contributed by atoms with Gasteiger partial charge in [-0.15, -0.1) is 0 Å². The van der Waals surface area contributed by atoms with Crippen LogP contribution in [0.3, 0.4) is 0 Å². The molecule has 0 aliphatic heterocycles. The van der Waals surface area contributed by atoms with Gasteiger partial charge in [0.1, 0.15) is 6.04 Å². The van der Waals surface area contributed by atoms with Gasteiger partial charge < -0.3 is 10.4 Å². The molecule has 0 fully saturated rings. The minimum atomic E-state index is -1.07. The third kappa shape index (κ3) is 3.86. The highest BCUT2D eigenvalue weighted by molar-refractivity contribution is 5.97. The van der Waals surface area contributed by atoms with E-state index in [1.54, 1.807) is 6.92 Å². The Morgan fingerprint density at radius 1 is 1.42 bits per heavy atom. The van der Waals surface area contributed by atoms with Crippen molar-refractivity contribution in [2.75, 3.05) is 0 Å². The number of rotatable bonds is 7. The Kier molecular flexibility index (Phi) is 5.46. The van der Waals surface area contributed by atoms with Crippen molar-refractivity contribution in [3.8, 4) is 5.82 Å². The summed E-state index contributed by atoms with van der Waals surface area (Å²) >= 11 is 0. The molecular formula is C15H19N5O4. The van der Waals surface area contributed by atoms with E-state index in [1.165, 1.54) is 23.0 Å². The zero-order valence-corrected chi connectivity index (χ0v) is 13.4. The number of aromatic amines is 1. The zero-order chi connectivity index (χ0) is 17.7. The lowest BCUT2D eigenvalue weighted by atomic mass is 10.1. The van der Waals surface area contributed by atoms with Crippen molar-refractivity contribution in [2.24, 2.45) is 0 Å². The number of hydrogen-bond acceptors (Lipinski definition) is 5. The van der Waals surface area contributed by atoms with Gasteiger partial charge in [-0.2, -0.15) is 10.2 Å². The molecule has 128 valence electrons. The number of carboxylic acids is 1. The molecule has 1 unspecified atom stereocenters. The Labute approximate surface area is 137 Å². The summed E-state index contributed by atoms with van der Waals surface area (Å²) in [6.45, 7) is 3.61. The average molecular weight is 333 g/mol. The molecule has 0 aliphatic carbocycles. The summed E-state index contributed by atoms with van der Waals surface area (Å²) in [7, 11) is 0. The van der Waals surface area contributed by atoms with Gasteiger partial charge in [-0.05, 0) is 19.4 Å². The topological polar surface area (TPSA) is 130 Å². The van der Waals surface area contributed by atoms with Gasteiger partial charge in [-0.3, -0.25) is 9.59 Å². The molecule has 0 aromatic carbocycles. The summed E-state index contributed by atoms with van der Waals surface area (Å²) in [4.78, 5) is 34.6. The number of carbonyl (C=O) groups excluding carboxylic acids is 1. The summed E-state index contributed by atoms with van der Waals surface area (Å²) in [6, 6.07) is 1.84. The van der Waals surface area contributed by atoms with E-state index in [4.69, 9.17) is 0 Å². The maximum absolute atomic E-state index is 12.3. The Balaban J connectivity index is 2.20. The second-order valence-electron chi connectivity index (χ2n) is 5.34. The smallest absolute Gasteiger partial charge is 0.326 e. The first-order chi connectivity index (χ1) is 11.4. The van der Waals surface area contributed by atoms with Crippen LogP contribution < -0.4 is 10.9 Å². The molecule has 0 saturated heterocycles. The Hall–Kier alpha value is -2.97. The lowest BCUT2D eigenvalue weighted by molar-refractivity contribution is -0.139. The van der Waals surface area contributed by atoms with Crippen molar-refractivity contribution < 1.29 is 14.7 Å². The molecule has 24 heavy (non-hydrogen) atoms. The molecule has 0 aliphatic rings. The molecule has 1 amide bonds. The highest BCUT2D eigenvalue weighted by Crippen LogP contribution is 2.12. The van der Waals surface area contributed by atoms with Crippen LogP contribution in [0.4, 0.5) is 0 Å². The van der Waals surface area contributed by atoms with E-state index in [9.17, 15) is 19.5 Å². The van der Waals surface area contributed by atoms with E-state index >= 15 is 0 Å². The fourth-order valence-corrected chi connectivity index (χ4v) is 2.22. The molecule has 2 aromatic heterocycles. The van der Waals surface area contributed by atoms with E-state index in [0.29, 0.717) is 24.4 Å². The zero-order valence-electron chi connectivity index (χ0n) is 13.4. The summed E-state index contributed by atoms with van der Waals surface area (Å²) in [5.74, 6) is -1.22. The molecule has 0 spiro atoms. The number of unbranched alkanes of at least 4 members (excludes halogenated alkanes) is 1. The Morgan fingerprint density at radius 2 is 2.17 bits per heavy atom. The van der Waals surface area contributed by atoms with Gasteiger partial charge >= 0.3 is 5.97 Å². The highest BCUT2D eigenvalue weighted by atomic mass is 16.4. The average Bonchev–Trinajstić information content (AvgIpc) is 2.93. The lowest BCUT2D eigenvalue weighted by Gasteiger charge is -2.13. The van der Waals surface area contributed by atoms with Crippen LogP contribution in [0.15, 0.2) is 23.1 Å². The Bertz CT molecular complexity index is 775. The minimum Gasteiger partial charge on any atom is -0.480 e. The van der Waals surface area contributed by atoms with E-state index in [2.05, 4.69) is 20.6 Å². The quantitative estimate of drug-likeness (QED) is 0.681. The molecule has 0 saturated carbocycles. The van der Waals surface area contributed by atoms with E-state index in [0.717, 1.165) is 6.42 Å². The van der Waals surface area contributed by atoms with Crippen molar-refractivity contribution in [1.29, 1.82) is 0 Å². The van der Waals surface area contributed by atoms with E-state index in [1.807, 2.05) is 6.92 Å². The van der Waals surface area contributed by atoms with Crippen LogP contribution in [0, 0.1) is 6.92 Å². The summed E-state index contributed by atoms with van der Waals surface area (Å²) in [5, 5.41) is 21.9. The van der Waals surface area contributed by atoms with Crippen molar-refractivity contribution in [3.05, 3.63) is 39.9 Å². The number of nitrogens with one attached hydrogen (secondary N) is 2. The number of aromatic nitrogens is 4. The molecule has 0 radical (unpaired) electrons. The first-order valence-electron chi connectivity index (χ1n) is 7.58. The van der Waals surface area contributed by atoms with Gasteiger partial charge in [0, 0.05) is 6.07 Å². The van der Waals surface area contributed by atoms with Crippen LogP contribution in [0.1, 0.15) is 42.2 Å². The van der Waals surface area contributed by atoms with Gasteiger partial charge in [0.2, 0.25) is 0 Å². The number of amides is 1. The normalized spacial score (nSPS) is 11.9. The molecule has 1 atom stereocenters. The summed E-state index contributed by atoms with van der Waals surface area (Å²) in [6.07, 6.45) is 3.26. The number of carboxylic acid groups (broad SMARTS) is 1. The molecule has 9 nitrogen and oxygen atoms in total. The Morgan fingerprint density at radius 3 is 2.75 bits per heavy atom. The first kappa shape index (κ1) is 17.4. The molecule has 2 aromatic rings. The highest BCUT2D eigenvalue weighted by Gasteiger charge is 2.23. The molecule has 0 bridgehead atoms. The second kappa shape index (κ2) is 7.53. The standard InChI is InChI=1S/C15H19N5O4/c1-3-4-5-11(15(23)24)17-14(22)10-8-16-20(9(10)2)12-6-7-13(21)19-18-12/h6-8,11H,3-5H2,1-2H3,(H,17,22)(H,19,21)(H,23,24).